The van der Waals surface area contributed by atoms with Crippen LogP contribution in [0.3, 0.4) is 0 Å². The molecule has 1 rings (SSSR count). The first-order valence-electron chi connectivity index (χ1n) is 6.37. The van der Waals surface area contributed by atoms with Crippen LogP contribution in [-0.2, 0) is 4.74 Å². The number of nitrogens with one attached hydrogen (secondary N) is 1. The van der Waals surface area contributed by atoms with Crippen molar-refractivity contribution < 1.29 is 9.47 Å². The summed E-state index contributed by atoms with van der Waals surface area (Å²) in [6.45, 7) is 5.39. The number of anilines is 2. The van der Waals surface area contributed by atoms with E-state index in [-0.39, 0.29) is 6.10 Å². The molecule has 0 radical (unpaired) electrons. The van der Waals surface area contributed by atoms with Gasteiger partial charge in [0.1, 0.15) is 0 Å². The van der Waals surface area contributed by atoms with Crippen LogP contribution in [0.5, 0.6) is 6.01 Å². The number of aromatic nitrogens is 3. The van der Waals surface area contributed by atoms with Gasteiger partial charge in [0.05, 0.1) is 6.10 Å². The van der Waals surface area contributed by atoms with E-state index in [4.69, 9.17) is 9.47 Å². The lowest BCUT2D eigenvalue weighted by molar-refractivity contribution is 0.196. The lowest BCUT2D eigenvalue weighted by Gasteiger charge is -2.18. The van der Waals surface area contributed by atoms with Gasteiger partial charge in [-0.05, 0) is 20.3 Å². The van der Waals surface area contributed by atoms with Crippen LogP contribution in [0, 0.1) is 0 Å². The van der Waals surface area contributed by atoms with Crippen molar-refractivity contribution in [2.75, 3.05) is 44.6 Å². The highest BCUT2D eigenvalue weighted by atomic mass is 16.5. The Morgan fingerprint density at radius 1 is 1.26 bits per heavy atom. The summed E-state index contributed by atoms with van der Waals surface area (Å²) in [5, 5.41) is 2.91. The highest BCUT2D eigenvalue weighted by Crippen LogP contribution is 2.14. The third-order valence-electron chi connectivity index (χ3n) is 2.35. The molecular weight excluding hydrogens is 246 g/mol. The topological polar surface area (TPSA) is 72.4 Å². The summed E-state index contributed by atoms with van der Waals surface area (Å²) in [6, 6.07) is 0.336. The summed E-state index contributed by atoms with van der Waals surface area (Å²) in [4.78, 5) is 14.7. The van der Waals surface area contributed by atoms with E-state index in [1.807, 2.05) is 25.8 Å². The first-order valence-corrected chi connectivity index (χ1v) is 6.37. The van der Waals surface area contributed by atoms with Crippen LogP contribution >= 0.6 is 0 Å². The van der Waals surface area contributed by atoms with Crippen LogP contribution in [0.25, 0.3) is 0 Å². The van der Waals surface area contributed by atoms with E-state index in [2.05, 4.69) is 20.3 Å². The van der Waals surface area contributed by atoms with Crippen molar-refractivity contribution in [2.24, 2.45) is 0 Å². The zero-order valence-corrected chi connectivity index (χ0v) is 12.3. The summed E-state index contributed by atoms with van der Waals surface area (Å²) in [5.41, 5.74) is 0. The van der Waals surface area contributed by atoms with E-state index < -0.39 is 0 Å². The molecule has 0 unspecified atom stereocenters. The minimum absolute atomic E-state index is 0.0266. The summed E-state index contributed by atoms with van der Waals surface area (Å²) >= 11 is 0. The highest BCUT2D eigenvalue weighted by Gasteiger charge is 2.11. The maximum atomic E-state index is 5.52. The monoisotopic (exact) mass is 269 g/mol. The average molecular weight is 269 g/mol. The molecule has 1 N–H and O–H groups in total. The number of methoxy groups -OCH3 is 1. The van der Waals surface area contributed by atoms with E-state index in [0.29, 0.717) is 24.5 Å². The molecule has 7 heteroatoms. The van der Waals surface area contributed by atoms with Crippen molar-refractivity contribution in [3.63, 3.8) is 0 Å². The van der Waals surface area contributed by atoms with Gasteiger partial charge in [-0.1, -0.05) is 0 Å². The fraction of sp³-hybridized carbons (Fsp3) is 0.750. The van der Waals surface area contributed by atoms with Gasteiger partial charge in [0.15, 0.2) is 0 Å². The van der Waals surface area contributed by atoms with E-state index in [1.54, 1.807) is 14.2 Å². The molecular formula is C12H23N5O2. The van der Waals surface area contributed by atoms with Crippen LogP contribution in [-0.4, -0.2) is 55.4 Å². The van der Waals surface area contributed by atoms with Crippen molar-refractivity contribution in [3.8, 4) is 6.01 Å². The zero-order valence-electron chi connectivity index (χ0n) is 12.3. The molecule has 7 nitrogen and oxygen atoms in total. The molecule has 19 heavy (non-hydrogen) atoms. The molecule has 0 aliphatic heterocycles. The Morgan fingerprint density at radius 3 is 2.58 bits per heavy atom. The van der Waals surface area contributed by atoms with Crippen molar-refractivity contribution in [1.82, 2.24) is 15.0 Å². The van der Waals surface area contributed by atoms with Gasteiger partial charge < -0.3 is 19.7 Å². The molecule has 0 fully saturated rings. The van der Waals surface area contributed by atoms with Gasteiger partial charge in [-0.25, -0.2) is 0 Å². The molecule has 0 atom stereocenters. The van der Waals surface area contributed by atoms with E-state index in [9.17, 15) is 0 Å². The number of nitrogens with zero attached hydrogens (tertiary/aromatic N) is 4. The van der Waals surface area contributed by atoms with Gasteiger partial charge in [-0.3, -0.25) is 0 Å². The summed E-state index contributed by atoms with van der Waals surface area (Å²) in [5.74, 6) is 1.09. The van der Waals surface area contributed by atoms with Crippen LogP contribution in [0.4, 0.5) is 11.9 Å². The van der Waals surface area contributed by atoms with Gasteiger partial charge >= 0.3 is 6.01 Å². The minimum Gasteiger partial charge on any atom is -0.461 e. The second-order valence-electron chi connectivity index (χ2n) is 4.43. The Hall–Kier alpha value is -1.63. The minimum atomic E-state index is 0.0266. The zero-order chi connectivity index (χ0) is 14.3. The second kappa shape index (κ2) is 7.73. The van der Waals surface area contributed by atoms with Gasteiger partial charge in [-0.2, -0.15) is 15.0 Å². The number of rotatable bonds is 8. The Balaban J connectivity index is 2.80. The lowest BCUT2D eigenvalue weighted by atomic mass is 10.4. The van der Waals surface area contributed by atoms with Crippen molar-refractivity contribution >= 4 is 11.9 Å². The third-order valence-corrected chi connectivity index (χ3v) is 2.35. The summed E-state index contributed by atoms with van der Waals surface area (Å²) in [7, 11) is 5.39. The molecule has 0 aromatic carbocycles. The maximum absolute atomic E-state index is 5.52. The molecule has 1 heterocycles. The molecule has 0 saturated carbocycles. The standard InChI is InChI=1S/C12H23N5O2/c1-9(2)19-12-15-10(13-3)14-11(16-12)17(4)7-6-8-18-5/h9H,6-8H2,1-5H3,(H,13,14,15,16). The van der Waals surface area contributed by atoms with Gasteiger partial charge in [-0.15, -0.1) is 0 Å². The van der Waals surface area contributed by atoms with Crippen molar-refractivity contribution in [1.29, 1.82) is 0 Å². The molecule has 1 aromatic rings. The first kappa shape index (κ1) is 15.4. The SMILES string of the molecule is CNc1nc(OC(C)C)nc(N(C)CCCOC)n1. The molecule has 0 aliphatic carbocycles. The fourth-order valence-corrected chi connectivity index (χ4v) is 1.44. The normalized spacial score (nSPS) is 10.6. The molecule has 1 aromatic heterocycles. The number of ether oxygens (including phenoxy) is 2. The Morgan fingerprint density at radius 2 is 2.00 bits per heavy atom. The van der Waals surface area contributed by atoms with E-state index in [0.717, 1.165) is 13.0 Å². The molecule has 0 bridgehead atoms. The van der Waals surface area contributed by atoms with Gasteiger partial charge in [0.25, 0.3) is 0 Å². The Kier molecular flexibility index (Phi) is 6.27. The lowest BCUT2D eigenvalue weighted by Crippen LogP contribution is -2.23. The molecule has 0 saturated heterocycles. The molecule has 0 amide bonds. The van der Waals surface area contributed by atoms with Gasteiger partial charge in [0.2, 0.25) is 11.9 Å². The van der Waals surface area contributed by atoms with Crippen LogP contribution < -0.4 is 15.0 Å². The smallest absolute Gasteiger partial charge is 0.323 e. The van der Waals surface area contributed by atoms with Crippen LogP contribution in [0.15, 0.2) is 0 Å². The first-order chi connectivity index (χ1) is 9.06. The summed E-state index contributed by atoms with van der Waals surface area (Å²) < 4.78 is 10.6. The van der Waals surface area contributed by atoms with Gasteiger partial charge in [0, 0.05) is 34.4 Å². The van der Waals surface area contributed by atoms with E-state index >= 15 is 0 Å². The predicted molar refractivity (Wildman–Crippen MR) is 74.9 cm³/mol. The van der Waals surface area contributed by atoms with Crippen molar-refractivity contribution in [2.45, 2.75) is 26.4 Å². The largest absolute Gasteiger partial charge is 0.461 e. The van der Waals surface area contributed by atoms with Crippen molar-refractivity contribution in [3.05, 3.63) is 0 Å². The summed E-state index contributed by atoms with van der Waals surface area (Å²) in [6.07, 6.45) is 0.937. The molecule has 0 spiro atoms. The quantitative estimate of drug-likeness (QED) is 0.710. The Bertz CT molecular complexity index is 386. The Labute approximate surface area is 114 Å². The van der Waals surface area contributed by atoms with E-state index in [1.165, 1.54) is 0 Å². The second-order valence-corrected chi connectivity index (χ2v) is 4.43. The molecule has 108 valence electrons. The maximum Gasteiger partial charge on any atom is 0.323 e. The highest BCUT2D eigenvalue weighted by molar-refractivity contribution is 5.37. The average Bonchev–Trinajstić information content (AvgIpc) is 2.37. The predicted octanol–water partition coefficient (Wildman–Crippen LogP) is 1.17. The number of hydrogen-bond acceptors (Lipinski definition) is 7. The molecule has 0 aliphatic rings. The van der Waals surface area contributed by atoms with Crippen LogP contribution in [0.1, 0.15) is 20.3 Å². The fourth-order valence-electron chi connectivity index (χ4n) is 1.44. The van der Waals surface area contributed by atoms with Crippen LogP contribution in [0.2, 0.25) is 0 Å². The third kappa shape index (κ3) is 5.25. The number of hydrogen-bond donors (Lipinski definition) is 1.